The Bertz CT molecular complexity index is 973. The second-order valence-corrected chi connectivity index (χ2v) is 9.36. The van der Waals surface area contributed by atoms with E-state index in [9.17, 15) is 13.2 Å². The number of benzene rings is 1. The first-order valence-electron chi connectivity index (χ1n) is 9.55. The maximum atomic E-state index is 13.0. The van der Waals surface area contributed by atoms with Crippen LogP contribution >= 0.6 is 0 Å². The lowest BCUT2D eigenvalue weighted by atomic mass is 10.2. The number of rotatable bonds is 5. The smallest absolute Gasteiger partial charge is 0.243 e. The molecule has 0 unspecified atom stereocenters. The first-order chi connectivity index (χ1) is 13.2. The van der Waals surface area contributed by atoms with Crippen LogP contribution in [0, 0.1) is 27.7 Å². The van der Waals surface area contributed by atoms with E-state index in [4.69, 9.17) is 0 Å². The van der Waals surface area contributed by atoms with Crippen molar-refractivity contribution in [3.63, 3.8) is 0 Å². The molecule has 0 aliphatic carbocycles. The summed E-state index contributed by atoms with van der Waals surface area (Å²) in [5.41, 5.74) is 3.64. The van der Waals surface area contributed by atoms with E-state index in [2.05, 4.69) is 5.10 Å². The van der Waals surface area contributed by atoms with Crippen molar-refractivity contribution in [3.8, 4) is 0 Å². The molecule has 0 spiro atoms. The molecule has 28 heavy (non-hydrogen) atoms. The van der Waals surface area contributed by atoms with E-state index in [1.165, 1.54) is 4.31 Å². The van der Waals surface area contributed by atoms with Gasteiger partial charge in [-0.1, -0.05) is 12.1 Å². The number of hydrogen-bond donors (Lipinski definition) is 0. The zero-order chi connectivity index (χ0) is 20.5. The highest BCUT2D eigenvalue weighted by Gasteiger charge is 2.31. The van der Waals surface area contributed by atoms with Crippen LogP contribution in [0.15, 0.2) is 29.2 Å². The van der Waals surface area contributed by atoms with Gasteiger partial charge < -0.3 is 4.90 Å². The van der Waals surface area contributed by atoms with Crippen molar-refractivity contribution in [1.82, 2.24) is 19.0 Å². The van der Waals surface area contributed by atoms with Crippen LogP contribution in [0.1, 0.15) is 28.9 Å². The molecule has 0 N–H and O–H groups in total. The minimum atomic E-state index is -3.54. The Morgan fingerprint density at radius 3 is 2.32 bits per heavy atom. The van der Waals surface area contributed by atoms with Crippen molar-refractivity contribution in [3.05, 3.63) is 46.8 Å². The third-order valence-corrected chi connectivity index (χ3v) is 7.23. The SMILES string of the molecule is Cc1ccc(C)c(S(=O)(=O)N2CCN(C(=O)CCn3nc(C)cc3C)CC2)c1. The van der Waals surface area contributed by atoms with Gasteiger partial charge in [-0.3, -0.25) is 9.48 Å². The fourth-order valence-corrected chi connectivity index (χ4v) is 5.30. The molecular weight excluding hydrogens is 376 g/mol. The van der Waals surface area contributed by atoms with Crippen LogP contribution in [0.3, 0.4) is 0 Å². The molecule has 8 heteroatoms. The number of hydrogen-bond acceptors (Lipinski definition) is 4. The molecule has 1 saturated heterocycles. The molecule has 7 nitrogen and oxygen atoms in total. The predicted molar refractivity (Wildman–Crippen MR) is 108 cm³/mol. The van der Waals surface area contributed by atoms with Gasteiger partial charge in [-0.2, -0.15) is 9.40 Å². The number of sulfonamides is 1. The van der Waals surface area contributed by atoms with Crippen molar-refractivity contribution in [2.45, 2.75) is 45.6 Å². The van der Waals surface area contributed by atoms with Crippen LogP contribution in [0.2, 0.25) is 0 Å². The van der Waals surface area contributed by atoms with Gasteiger partial charge in [-0.15, -0.1) is 0 Å². The summed E-state index contributed by atoms with van der Waals surface area (Å²) in [6.45, 7) is 9.62. The van der Waals surface area contributed by atoms with Crippen LogP contribution in [-0.2, 0) is 21.4 Å². The van der Waals surface area contributed by atoms with Gasteiger partial charge in [0.15, 0.2) is 0 Å². The summed E-state index contributed by atoms with van der Waals surface area (Å²) in [5.74, 6) is 0.0383. The molecule has 0 atom stereocenters. The van der Waals surface area contributed by atoms with Crippen molar-refractivity contribution in [1.29, 1.82) is 0 Å². The zero-order valence-corrected chi connectivity index (χ0v) is 17.8. The molecule has 1 amide bonds. The van der Waals surface area contributed by atoms with Gasteiger partial charge in [0.05, 0.1) is 10.6 Å². The van der Waals surface area contributed by atoms with E-state index in [0.717, 1.165) is 22.5 Å². The molecule has 152 valence electrons. The van der Waals surface area contributed by atoms with Crippen LogP contribution in [0.25, 0.3) is 0 Å². The third kappa shape index (κ3) is 4.28. The van der Waals surface area contributed by atoms with Gasteiger partial charge in [-0.25, -0.2) is 8.42 Å². The van der Waals surface area contributed by atoms with Gasteiger partial charge in [0.1, 0.15) is 0 Å². The Balaban J connectivity index is 1.60. The average Bonchev–Trinajstić information content (AvgIpc) is 2.99. The molecule has 0 saturated carbocycles. The van der Waals surface area contributed by atoms with Gasteiger partial charge in [-0.05, 0) is 51.0 Å². The molecule has 1 aliphatic heterocycles. The summed E-state index contributed by atoms with van der Waals surface area (Å²) in [5, 5.41) is 4.38. The monoisotopic (exact) mass is 404 g/mol. The Kier molecular flexibility index (Phi) is 5.90. The second-order valence-electron chi connectivity index (χ2n) is 7.45. The van der Waals surface area contributed by atoms with Gasteiger partial charge in [0, 0.05) is 44.8 Å². The summed E-state index contributed by atoms with van der Waals surface area (Å²) in [6, 6.07) is 7.45. The number of aromatic nitrogens is 2. The van der Waals surface area contributed by atoms with Gasteiger partial charge in [0.25, 0.3) is 0 Å². The molecular formula is C20H28N4O3S. The van der Waals surface area contributed by atoms with Crippen molar-refractivity contribution in [2.75, 3.05) is 26.2 Å². The highest BCUT2D eigenvalue weighted by Crippen LogP contribution is 2.22. The molecule has 0 bridgehead atoms. The van der Waals surface area contributed by atoms with Crippen molar-refractivity contribution < 1.29 is 13.2 Å². The third-order valence-electron chi connectivity index (χ3n) is 5.19. The maximum Gasteiger partial charge on any atom is 0.243 e. The van der Waals surface area contributed by atoms with Crippen molar-refractivity contribution >= 4 is 15.9 Å². The number of amides is 1. The van der Waals surface area contributed by atoms with Crippen LogP contribution in [0.4, 0.5) is 0 Å². The van der Waals surface area contributed by atoms with Crippen LogP contribution in [0.5, 0.6) is 0 Å². The zero-order valence-electron chi connectivity index (χ0n) is 17.0. The minimum absolute atomic E-state index is 0.0383. The van der Waals surface area contributed by atoms with E-state index in [-0.39, 0.29) is 5.91 Å². The minimum Gasteiger partial charge on any atom is -0.340 e. The fourth-order valence-electron chi connectivity index (χ4n) is 3.56. The number of carbonyl (C=O) groups excluding carboxylic acids is 1. The normalized spacial score (nSPS) is 15.8. The molecule has 3 rings (SSSR count). The maximum absolute atomic E-state index is 13.0. The fraction of sp³-hybridized carbons (Fsp3) is 0.500. The largest absolute Gasteiger partial charge is 0.340 e. The highest BCUT2D eigenvalue weighted by molar-refractivity contribution is 7.89. The van der Waals surface area contributed by atoms with Gasteiger partial charge in [0.2, 0.25) is 15.9 Å². The Hall–Kier alpha value is -2.19. The Morgan fingerprint density at radius 1 is 1.04 bits per heavy atom. The molecule has 0 radical (unpaired) electrons. The van der Waals surface area contributed by atoms with E-state index < -0.39 is 10.0 Å². The summed E-state index contributed by atoms with van der Waals surface area (Å²) in [6.07, 6.45) is 0.367. The van der Waals surface area contributed by atoms with Crippen molar-refractivity contribution in [2.24, 2.45) is 0 Å². The van der Waals surface area contributed by atoms with E-state index in [1.807, 2.05) is 50.6 Å². The first-order valence-corrected chi connectivity index (χ1v) is 11.0. The number of nitrogens with zero attached hydrogens (tertiary/aromatic N) is 4. The summed E-state index contributed by atoms with van der Waals surface area (Å²) < 4.78 is 29.3. The molecule has 1 fully saturated rings. The first kappa shape index (κ1) is 20.5. The second kappa shape index (κ2) is 8.05. The predicted octanol–water partition coefficient (Wildman–Crippen LogP) is 2.04. The molecule has 2 heterocycles. The Morgan fingerprint density at radius 2 is 1.71 bits per heavy atom. The lowest BCUT2D eigenvalue weighted by Gasteiger charge is -2.34. The molecule has 1 aromatic carbocycles. The molecule has 1 aromatic heterocycles. The Labute approximate surface area is 167 Å². The highest BCUT2D eigenvalue weighted by atomic mass is 32.2. The summed E-state index contributed by atoms with van der Waals surface area (Å²) >= 11 is 0. The van der Waals surface area contributed by atoms with E-state index >= 15 is 0 Å². The number of carbonyl (C=O) groups is 1. The van der Waals surface area contributed by atoms with E-state index in [1.54, 1.807) is 11.0 Å². The van der Waals surface area contributed by atoms with Crippen LogP contribution in [-0.4, -0.2) is 59.5 Å². The summed E-state index contributed by atoms with van der Waals surface area (Å²) in [7, 11) is -3.54. The van der Waals surface area contributed by atoms with Crippen LogP contribution < -0.4 is 0 Å². The molecule has 1 aliphatic rings. The van der Waals surface area contributed by atoms with E-state index in [0.29, 0.717) is 44.0 Å². The lowest BCUT2D eigenvalue weighted by Crippen LogP contribution is -2.50. The van der Waals surface area contributed by atoms with Gasteiger partial charge >= 0.3 is 0 Å². The number of piperazine rings is 1. The average molecular weight is 405 g/mol. The topological polar surface area (TPSA) is 75.5 Å². The summed E-state index contributed by atoms with van der Waals surface area (Å²) in [4.78, 5) is 14.6. The molecule has 2 aromatic rings. The lowest BCUT2D eigenvalue weighted by molar-refractivity contribution is -0.132. The number of aryl methyl sites for hydroxylation is 5. The standard InChI is InChI=1S/C20H28N4O3S/c1-15-5-6-16(2)19(13-15)28(26,27)23-11-9-22(10-12-23)20(25)7-8-24-18(4)14-17(3)21-24/h5-6,13-14H,7-12H2,1-4H3. The quantitative estimate of drug-likeness (QED) is 0.764.